The molecule has 102 valence electrons. The number of hydrogen-bond donors (Lipinski definition) is 1. The van der Waals surface area contributed by atoms with Crippen LogP contribution in [0.5, 0.6) is 0 Å². The molecule has 0 spiro atoms. The first-order chi connectivity index (χ1) is 9.81. The lowest BCUT2D eigenvalue weighted by atomic mass is 10.1. The Labute approximate surface area is 118 Å². The maximum atomic E-state index is 5.41. The lowest BCUT2D eigenvalue weighted by molar-refractivity contribution is 0.490. The first-order valence-corrected chi connectivity index (χ1v) is 6.67. The predicted molar refractivity (Wildman–Crippen MR) is 78.5 cm³/mol. The lowest BCUT2D eigenvalue weighted by Gasteiger charge is -2.14. The summed E-state index contributed by atoms with van der Waals surface area (Å²) in [4.78, 5) is 0. The Morgan fingerprint density at radius 1 is 1.25 bits per heavy atom. The molecule has 1 N–H and O–H groups in total. The van der Waals surface area contributed by atoms with Gasteiger partial charge in [-0.3, -0.25) is 4.68 Å². The van der Waals surface area contributed by atoms with Crippen molar-refractivity contribution in [3.05, 3.63) is 72.4 Å². The molecule has 3 aromatic rings. The number of hydrogen-bond acceptors (Lipinski definition) is 3. The Hall–Kier alpha value is -2.49. The molecule has 0 bridgehead atoms. The third-order valence-electron chi connectivity index (χ3n) is 3.18. The van der Waals surface area contributed by atoms with Gasteiger partial charge in [-0.15, -0.1) is 0 Å². The number of benzene rings is 1. The molecule has 4 nitrogen and oxygen atoms in total. The first-order valence-electron chi connectivity index (χ1n) is 6.67. The van der Waals surface area contributed by atoms with Crippen molar-refractivity contribution >= 4 is 5.69 Å². The van der Waals surface area contributed by atoms with Crippen LogP contribution in [0.3, 0.4) is 0 Å². The molecule has 0 aliphatic heterocycles. The van der Waals surface area contributed by atoms with Gasteiger partial charge in [-0.2, -0.15) is 5.10 Å². The first kappa shape index (κ1) is 12.5. The van der Waals surface area contributed by atoms with Crippen molar-refractivity contribution in [3.8, 4) is 0 Å². The standard InChI is InChI=1S/C16H17N3O/c1-13(16-7-3-10-20-16)18-15-6-2-5-14(11-15)12-19-9-4-8-17-19/h2-11,13,18H,12H2,1H3. The molecule has 0 amide bonds. The molecule has 0 radical (unpaired) electrons. The molecule has 0 aliphatic carbocycles. The minimum atomic E-state index is 0.143. The number of nitrogens with zero attached hydrogens (tertiary/aromatic N) is 2. The van der Waals surface area contributed by atoms with E-state index in [0.717, 1.165) is 18.0 Å². The summed E-state index contributed by atoms with van der Waals surface area (Å²) < 4.78 is 7.32. The predicted octanol–water partition coefficient (Wildman–Crippen LogP) is 3.70. The number of furan rings is 1. The average molecular weight is 267 g/mol. The van der Waals surface area contributed by atoms with Crippen LogP contribution < -0.4 is 5.32 Å². The third kappa shape index (κ3) is 2.91. The number of anilines is 1. The van der Waals surface area contributed by atoms with Crippen LogP contribution in [0.25, 0.3) is 0 Å². The Balaban J connectivity index is 1.71. The van der Waals surface area contributed by atoms with E-state index in [0.29, 0.717) is 0 Å². The lowest BCUT2D eigenvalue weighted by Crippen LogP contribution is -2.06. The minimum absolute atomic E-state index is 0.143. The quantitative estimate of drug-likeness (QED) is 0.766. The number of aromatic nitrogens is 2. The van der Waals surface area contributed by atoms with Crippen molar-refractivity contribution in [2.75, 3.05) is 5.32 Å². The van der Waals surface area contributed by atoms with Gasteiger partial charge in [-0.25, -0.2) is 0 Å². The molecule has 0 saturated heterocycles. The highest BCUT2D eigenvalue weighted by Crippen LogP contribution is 2.20. The topological polar surface area (TPSA) is 43.0 Å². The molecule has 1 aromatic carbocycles. The van der Waals surface area contributed by atoms with E-state index in [2.05, 4.69) is 41.6 Å². The summed E-state index contributed by atoms with van der Waals surface area (Å²) in [5, 5.41) is 7.66. The van der Waals surface area contributed by atoms with Gasteiger partial charge in [-0.05, 0) is 42.8 Å². The highest BCUT2D eigenvalue weighted by molar-refractivity contribution is 5.47. The minimum Gasteiger partial charge on any atom is -0.467 e. The van der Waals surface area contributed by atoms with E-state index in [1.54, 1.807) is 12.5 Å². The van der Waals surface area contributed by atoms with Crippen LogP contribution in [0, 0.1) is 0 Å². The Morgan fingerprint density at radius 3 is 2.95 bits per heavy atom. The molecule has 0 aliphatic rings. The van der Waals surface area contributed by atoms with Crippen LogP contribution in [0.2, 0.25) is 0 Å². The van der Waals surface area contributed by atoms with Crippen molar-refractivity contribution in [3.63, 3.8) is 0 Å². The van der Waals surface area contributed by atoms with E-state index in [1.165, 1.54) is 5.56 Å². The molecule has 20 heavy (non-hydrogen) atoms. The fourth-order valence-electron chi connectivity index (χ4n) is 2.20. The van der Waals surface area contributed by atoms with Crippen molar-refractivity contribution in [2.24, 2.45) is 0 Å². The molecular weight excluding hydrogens is 250 g/mol. The summed E-state index contributed by atoms with van der Waals surface area (Å²) in [6, 6.07) is 14.3. The van der Waals surface area contributed by atoms with Gasteiger partial charge in [0.25, 0.3) is 0 Å². The molecule has 4 heteroatoms. The van der Waals surface area contributed by atoms with Crippen LogP contribution in [-0.2, 0) is 6.54 Å². The van der Waals surface area contributed by atoms with Crippen molar-refractivity contribution < 1.29 is 4.42 Å². The molecular formula is C16H17N3O. The van der Waals surface area contributed by atoms with Crippen molar-refractivity contribution in [2.45, 2.75) is 19.5 Å². The number of nitrogens with one attached hydrogen (secondary N) is 1. The van der Waals surface area contributed by atoms with Crippen LogP contribution in [0.15, 0.2) is 65.5 Å². The van der Waals surface area contributed by atoms with Crippen LogP contribution in [-0.4, -0.2) is 9.78 Å². The summed E-state index contributed by atoms with van der Waals surface area (Å²) in [6.07, 6.45) is 5.45. The Morgan fingerprint density at radius 2 is 2.20 bits per heavy atom. The molecule has 0 fully saturated rings. The summed E-state index contributed by atoms with van der Waals surface area (Å²) >= 11 is 0. The zero-order chi connectivity index (χ0) is 13.8. The van der Waals surface area contributed by atoms with E-state index in [9.17, 15) is 0 Å². The third-order valence-corrected chi connectivity index (χ3v) is 3.18. The van der Waals surface area contributed by atoms with E-state index >= 15 is 0 Å². The smallest absolute Gasteiger partial charge is 0.125 e. The molecule has 0 saturated carbocycles. The molecule has 1 atom stereocenters. The Bertz CT molecular complexity index is 644. The van der Waals surface area contributed by atoms with Gasteiger partial charge in [0, 0.05) is 18.1 Å². The van der Waals surface area contributed by atoms with Crippen molar-refractivity contribution in [1.29, 1.82) is 0 Å². The largest absolute Gasteiger partial charge is 0.467 e. The van der Waals surface area contributed by atoms with E-state index < -0.39 is 0 Å². The molecule has 2 aromatic heterocycles. The fraction of sp³-hybridized carbons (Fsp3) is 0.188. The monoisotopic (exact) mass is 267 g/mol. The summed E-state index contributed by atoms with van der Waals surface area (Å²) in [5.41, 5.74) is 2.30. The average Bonchev–Trinajstić information content (AvgIpc) is 3.12. The molecule has 1 unspecified atom stereocenters. The zero-order valence-corrected chi connectivity index (χ0v) is 11.4. The normalized spacial score (nSPS) is 12.2. The molecule has 3 rings (SSSR count). The second kappa shape index (κ2) is 5.65. The fourth-order valence-corrected chi connectivity index (χ4v) is 2.20. The summed E-state index contributed by atoms with van der Waals surface area (Å²) in [7, 11) is 0. The highest BCUT2D eigenvalue weighted by Gasteiger charge is 2.08. The summed E-state index contributed by atoms with van der Waals surface area (Å²) in [5.74, 6) is 0.933. The van der Waals surface area contributed by atoms with Crippen LogP contribution in [0.4, 0.5) is 5.69 Å². The van der Waals surface area contributed by atoms with Crippen molar-refractivity contribution in [1.82, 2.24) is 9.78 Å². The maximum Gasteiger partial charge on any atom is 0.125 e. The Kier molecular flexibility index (Phi) is 3.54. The number of rotatable bonds is 5. The SMILES string of the molecule is CC(Nc1cccc(Cn2cccn2)c1)c1ccco1. The maximum absolute atomic E-state index is 5.41. The van der Waals surface area contributed by atoms with Crippen LogP contribution >= 0.6 is 0 Å². The van der Waals surface area contributed by atoms with Gasteiger partial charge in [0.1, 0.15) is 5.76 Å². The van der Waals surface area contributed by atoms with E-state index in [4.69, 9.17) is 4.42 Å². The second-order valence-corrected chi connectivity index (χ2v) is 4.79. The van der Waals surface area contributed by atoms with Gasteiger partial charge >= 0.3 is 0 Å². The van der Waals surface area contributed by atoms with Gasteiger partial charge in [0.15, 0.2) is 0 Å². The molecule has 2 heterocycles. The van der Waals surface area contributed by atoms with E-state index in [1.807, 2.05) is 29.1 Å². The summed E-state index contributed by atoms with van der Waals surface area (Å²) in [6.45, 7) is 2.86. The van der Waals surface area contributed by atoms with Crippen LogP contribution in [0.1, 0.15) is 24.3 Å². The van der Waals surface area contributed by atoms with Gasteiger partial charge in [0.2, 0.25) is 0 Å². The second-order valence-electron chi connectivity index (χ2n) is 4.79. The van der Waals surface area contributed by atoms with Gasteiger partial charge in [0.05, 0.1) is 18.8 Å². The van der Waals surface area contributed by atoms with Gasteiger partial charge < -0.3 is 9.73 Å². The van der Waals surface area contributed by atoms with Gasteiger partial charge in [-0.1, -0.05) is 12.1 Å². The zero-order valence-electron chi connectivity index (χ0n) is 11.4. The van der Waals surface area contributed by atoms with E-state index in [-0.39, 0.29) is 6.04 Å². The highest BCUT2D eigenvalue weighted by atomic mass is 16.3.